The van der Waals surface area contributed by atoms with Crippen molar-refractivity contribution < 1.29 is 14.1 Å². The van der Waals surface area contributed by atoms with Crippen molar-refractivity contribution in [2.45, 2.75) is 20.0 Å². The van der Waals surface area contributed by atoms with Gasteiger partial charge in [0.25, 0.3) is 0 Å². The Bertz CT molecular complexity index is 967. The van der Waals surface area contributed by atoms with Crippen molar-refractivity contribution in [3.63, 3.8) is 0 Å². The summed E-state index contributed by atoms with van der Waals surface area (Å²) in [6.07, 6.45) is 5.49. The van der Waals surface area contributed by atoms with E-state index in [9.17, 15) is 19.3 Å². The number of benzene rings is 1. The molecule has 0 radical (unpaired) electrons. The second-order valence-corrected chi connectivity index (χ2v) is 6.09. The lowest BCUT2D eigenvalue weighted by Crippen LogP contribution is -2.24. The van der Waals surface area contributed by atoms with Gasteiger partial charge >= 0.3 is 5.69 Å². The molecule has 0 bridgehead atoms. The van der Waals surface area contributed by atoms with E-state index in [1.54, 1.807) is 31.3 Å². The van der Waals surface area contributed by atoms with Crippen LogP contribution in [0.4, 0.5) is 15.8 Å². The van der Waals surface area contributed by atoms with Crippen LogP contribution in [0.25, 0.3) is 0 Å². The summed E-state index contributed by atoms with van der Waals surface area (Å²) in [6.45, 7) is 2.13. The summed E-state index contributed by atoms with van der Waals surface area (Å²) in [5.41, 5.74) is 0.846. The van der Waals surface area contributed by atoms with Crippen LogP contribution in [-0.2, 0) is 17.9 Å². The Hall–Kier alpha value is -3.56. The molecule has 3 aromatic rings. The molecule has 3 rings (SSSR count). The first-order chi connectivity index (χ1) is 12.9. The second-order valence-electron chi connectivity index (χ2n) is 6.09. The maximum Gasteiger partial charge on any atom is 0.306 e. The number of nitro groups is 1. The first-order valence-electron chi connectivity index (χ1n) is 8.16. The average molecular weight is 372 g/mol. The second kappa shape index (κ2) is 7.77. The third-order valence-electron chi connectivity index (χ3n) is 3.93. The van der Waals surface area contributed by atoms with Crippen molar-refractivity contribution in [1.82, 2.24) is 19.6 Å². The number of aromatic nitrogens is 4. The van der Waals surface area contributed by atoms with Crippen LogP contribution in [0.1, 0.15) is 12.5 Å². The topological polar surface area (TPSA) is 108 Å². The van der Waals surface area contributed by atoms with E-state index in [4.69, 9.17) is 0 Å². The summed E-state index contributed by atoms with van der Waals surface area (Å²) in [5.74, 6) is -1.07. The van der Waals surface area contributed by atoms with Crippen LogP contribution in [0.5, 0.6) is 0 Å². The van der Waals surface area contributed by atoms with Gasteiger partial charge in [0.15, 0.2) is 0 Å². The fourth-order valence-corrected chi connectivity index (χ4v) is 2.49. The van der Waals surface area contributed by atoms with E-state index in [2.05, 4.69) is 15.5 Å². The van der Waals surface area contributed by atoms with Gasteiger partial charge in [0.2, 0.25) is 5.91 Å². The van der Waals surface area contributed by atoms with Crippen LogP contribution >= 0.6 is 0 Å². The zero-order valence-electron chi connectivity index (χ0n) is 14.4. The molecule has 140 valence electrons. The van der Waals surface area contributed by atoms with Gasteiger partial charge in [-0.3, -0.25) is 24.3 Å². The molecule has 0 aliphatic heterocycles. The van der Waals surface area contributed by atoms with Crippen molar-refractivity contribution >= 4 is 17.3 Å². The van der Waals surface area contributed by atoms with Gasteiger partial charge in [-0.2, -0.15) is 10.2 Å². The van der Waals surface area contributed by atoms with E-state index >= 15 is 0 Å². The highest BCUT2D eigenvalue weighted by Crippen LogP contribution is 2.14. The molecule has 1 atom stereocenters. The molecular weight excluding hydrogens is 355 g/mol. The van der Waals surface area contributed by atoms with Crippen LogP contribution in [0, 0.1) is 21.8 Å². The monoisotopic (exact) mass is 372 g/mol. The largest absolute Gasteiger partial charge is 0.323 e. The zero-order chi connectivity index (χ0) is 19.4. The van der Waals surface area contributed by atoms with Gasteiger partial charge < -0.3 is 5.32 Å². The maximum absolute atomic E-state index is 13.7. The highest BCUT2D eigenvalue weighted by Gasteiger charge is 2.17. The number of hydrogen-bond donors (Lipinski definition) is 1. The highest BCUT2D eigenvalue weighted by molar-refractivity contribution is 5.91. The number of carbonyl (C=O) groups excluding carboxylic acids is 1. The van der Waals surface area contributed by atoms with Gasteiger partial charge in [-0.05, 0) is 6.07 Å². The predicted molar refractivity (Wildman–Crippen MR) is 94.4 cm³/mol. The van der Waals surface area contributed by atoms with Crippen LogP contribution in [0.2, 0.25) is 0 Å². The Morgan fingerprint density at radius 3 is 2.70 bits per heavy atom. The lowest BCUT2D eigenvalue weighted by Gasteiger charge is -2.10. The first-order valence-corrected chi connectivity index (χ1v) is 8.16. The molecule has 1 amide bonds. The molecule has 0 aliphatic rings. The molecule has 2 heterocycles. The number of halogens is 1. The molecule has 1 unspecified atom stereocenters. The van der Waals surface area contributed by atoms with Crippen molar-refractivity contribution in [3.8, 4) is 0 Å². The van der Waals surface area contributed by atoms with Gasteiger partial charge in [0, 0.05) is 11.8 Å². The lowest BCUT2D eigenvalue weighted by atomic mass is 10.1. The fourth-order valence-electron chi connectivity index (χ4n) is 2.49. The Kier molecular flexibility index (Phi) is 5.25. The van der Waals surface area contributed by atoms with Crippen molar-refractivity contribution in [2.24, 2.45) is 5.92 Å². The van der Waals surface area contributed by atoms with E-state index in [0.29, 0.717) is 11.3 Å². The van der Waals surface area contributed by atoms with Gasteiger partial charge in [0.1, 0.15) is 18.2 Å². The van der Waals surface area contributed by atoms with E-state index in [1.807, 2.05) is 0 Å². The SMILES string of the molecule is CC(Cn1cc([N+](=O)[O-])cn1)C(=O)Nc1cnn(Cc2ccccc2F)c1. The lowest BCUT2D eigenvalue weighted by molar-refractivity contribution is -0.385. The van der Waals surface area contributed by atoms with Crippen LogP contribution in [0.15, 0.2) is 49.1 Å². The van der Waals surface area contributed by atoms with Crippen LogP contribution in [-0.4, -0.2) is 30.4 Å². The molecular formula is C17H17FN6O3. The van der Waals surface area contributed by atoms with Crippen LogP contribution in [0.3, 0.4) is 0 Å². The van der Waals surface area contributed by atoms with E-state index in [-0.39, 0.29) is 30.5 Å². The molecule has 0 fully saturated rings. The van der Waals surface area contributed by atoms with Crippen molar-refractivity contribution in [2.75, 3.05) is 5.32 Å². The van der Waals surface area contributed by atoms with Gasteiger partial charge in [-0.25, -0.2) is 4.39 Å². The number of hydrogen-bond acceptors (Lipinski definition) is 5. The Morgan fingerprint density at radius 2 is 2.00 bits per heavy atom. The minimum absolute atomic E-state index is 0.128. The number of amides is 1. The summed E-state index contributed by atoms with van der Waals surface area (Å²) < 4.78 is 16.6. The number of nitrogens with zero attached hydrogens (tertiary/aromatic N) is 5. The minimum atomic E-state index is -0.543. The van der Waals surface area contributed by atoms with Crippen molar-refractivity contribution in [3.05, 3.63) is 70.5 Å². The normalized spacial score (nSPS) is 11.9. The van der Waals surface area contributed by atoms with Gasteiger partial charge in [-0.15, -0.1) is 0 Å². The minimum Gasteiger partial charge on any atom is -0.323 e. The molecule has 0 aliphatic carbocycles. The van der Waals surface area contributed by atoms with Gasteiger partial charge in [-0.1, -0.05) is 25.1 Å². The van der Waals surface area contributed by atoms with Crippen LogP contribution < -0.4 is 5.32 Å². The number of anilines is 1. The quantitative estimate of drug-likeness (QED) is 0.506. The smallest absolute Gasteiger partial charge is 0.306 e. The summed E-state index contributed by atoms with van der Waals surface area (Å²) in [5, 5.41) is 21.4. The summed E-state index contributed by atoms with van der Waals surface area (Å²) in [7, 11) is 0. The van der Waals surface area contributed by atoms with E-state index < -0.39 is 10.8 Å². The molecule has 1 aromatic carbocycles. The molecule has 0 saturated carbocycles. The highest BCUT2D eigenvalue weighted by atomic mass is 19.1. The fraction of sp³-hybridized carbons (Fsp3) is 0.235. The molecule has 0 spiro atoms. The molecule has 2 aromatic heterocycles. The van der Waals surface area contributed by atoms with Gasteiger partial charge in [0.05, 0.1) is 35.8 Å². The molecule has 1 N–H and O–H groups in total. The average Bonchev–Trinajstić information content (AvgIpc) is 3.26. The zero-order valence-corrected chi connectivity index (χ0v) is 14.4. The molecule has 0 saturated heterocycles. The number of rotatable bonds is 7. The molecule has 27 heavy (non-hydrogen) atoms. The standard InChI is InChI=1S/C17H17FN6O3/c1-12(8-22-11-15(7-20-22)24(26)27)17(25)21-14-6-19-23(10-14)9-13-4-2-3-5-16(13)18/h2-7,10-12H,8-9H2,1H3,(H,21,25). The third kappa shape index (κ3) is 4.54. The third-order valence-corrected chi connectivity index (χ3v) is 3.93. The molecule has 10 heteroatoms. The van der Waals surface area contributed by atoms with E-state index in [1.165, 1.54) is 27.8 Å². The predicted octanol–water partition coefficient (Wildman–Crippen LogP) is 2.45. The Labute approximate surface area is 153 Å². The Morgan fingerprint density at radius 1 is 1.26 bits per heavy atom. The maximum atomic E-state index is 13.7. The van der Waals surface area contributed by atoms with E-state index in [0.717, 1.165) is 6.20 Å². The summed E-state index contributed by atoms with van der Waals surface area (Å²) in [6, 6.07) is 6.40. The first kappa shape index (κ1) is 18.2. The molecule has 9 nitrogen and oxygen atoms in total. The number of carbonyl (C=O) groups is 1. The number of nitrogens with one attached hydrogen (secondary N) is 1. The summed E-state index contributed by atoms with van der Waals surface area (Å²) in [4.78, 5) is 22.4. The summed E-state index contributed by atoms with van der Waals surface area (Å²) >= 11 is 0. The van der Waals surface area contributed by atoms with Crippen molar-refractivity contribution in [1.29, 1.82) is 0 Å². The Balaban J connectivity index is 1.58.